The number of nitrogens with one attached hydrogen (secondary N) is 1. The fourth-order valence-corrected chi connectivity index (χ4v) is 2.55. The number of unbranched alkanes of at least 4 members (excludes halogenated alkanes) is 3. The van der Waals surface area contributed by atoms with Crippen LogP contribution in [0.4, 0.5) is 0 Å². The van der Waals surface area contributed by atoms with Crippen molar-refractivity contribution in [1.29, 1.82) is 0 Å². The minimum absolute atomic E-state index is 0.0758. The molecular formula is C23H30N2O3. The van der Waals surface area contributed by atoms with Crippen molar-refractivity contribution in [3.63, 3.8) is 0 Å². The Balaban J connectivity index is 1.67. The summed E-state index contributed by atoms with van der Waals surface area (Å²) in [6, 6.07) is 15.3. The molecule has 0 aliphatic rings. The molecule has 0 radical (unpaired) electrons. The van der Waals surface area contributed by atoms with Gasteiger partial charge in [0.2, 0.25) is 0 Å². The van der Waals surface area contributed by atoms with E-state index in [1.54, 1.807) is 6.21 Å². The molecule has 2 rings (SSSR count). The van der Waals surface area contributed by atoms with Crippen LogP contribution in [0.25, 0.3) is 0 Å². The summed E-state index contributed by atoms with van der Waals surface area (Å²) in [7, 11) is 0. The summed E-state index contributed by atoms with van der Waals surface area (Å²) in [5.74, 6) is 1.21. The van der Waals surface area contributed by atoms with E-state index in [1.807, 2.05) is 48.5 Å². The molecule has 5 heteroatoms. The van der Waals surface area contributed by atoms with Crippen LogP contribution in [0, 0.1) is 0 Å². The number of nitrogens with zero attached hydrogens (tertiary/aromatic N) is 1. The molecule has 0 aliphatic heterocycles. The van der Waals surface area contributed by atoms with Crippen LogP contribution in [0.2, 0.25) is 0 Å². The molecule has 150 valence electrons. The summed E-state index contributed by atoms with van der Waals surface area (Å²) in [5.41, 5.74) is 4.58. The van der Waals surface area contributed by atoms with Crippen molar-refractivity contribution >= 4 is 12.1 Å². The zero-order valence-corrected chi connectivity index (χ0v) is 16.8. The predicted molar refractivity (Wildman–Crippen MR) is 113 cm³/mol. The molecule has 1 amide bonds. The lowest BCUT2D eigenvalue weighted by Crippen LogP contribution is -2.24. The summed E-state index contributed by atoms with van der Waals surface area (Å²) >= 11 is 0. The van der Waals surface area contributed by atoms with Crippen molar-refractivity contribution in [3.8, 4) is 11.5 Å². The van der Waals surface area contributed by atoms with Gasteiger partial charge in [0.15, 0.2) is 6.61 Å². The SMILES string of the molecule is CCCCCCOc1ccc(/C=N/NC(=O)COc2ccc(CC)cc2)cc1. The maximum Gasteiger partial charge on any atom is 0.277 e. The lowest BCUT2D eigenvalue weighted by molar-refractivity contribution is -0.123. The van der Waals surface area contributed by atoms with Crippen molar-refractivity contribution in [2.45, 2.75) is 46.0 Å². The van der Waals surface area contributed by atoms with Crippen molar-refractivity contribution in [2.75, 3.05) is 13.2 Å². The molecule has 28 heavy (non-hydrogen) atoms. The van der Waals surface area contributed by atoms with E-state index in [1.165, 1.54) is 24.8 Å². The molecule has 5 nitrogen and oxygen atoms in total. The van der Waals surface area contributed by atoms with Crippen LogP contribution in [0.1, 0.15) is 50.7 Å². The molecule has 0 spiro atoms. The molecule has 2 aromatic carbocycles. The third-order valence-electron chi connectivity index (χ3n) is 4.25. The van der Waals surface area contributed by atoms with Gasteiger partial charge in [0.1, 0.15) is 11.5 Å². The molecule has 2 aromatic rings. The molecule has 0 fully saturated rings. The maximum atomic E-state index is 11.8. The van der Waals surface area contributed by atoms with Gasteiger partial charge in [0, 0.05) is 0 Å². The predicted octanol–water partition coefficient (Wildman–Crippen LogP) is 4.74. The molecule has 0 saturated carbocycles. The molecule has 0 atom stereocenters. The average Bonchev–Trinajstić information content (AvgIpc) is 2.73. The second kappa shape index (κ2) is 12.5. The van der Waals surface area contributed by atoms with Crippen LogP contribution in [-0.4, -0.2) is 25.3 Å². The number of benzene rings is 2. The van der Waals surface area contributed by atoms with Gasteiger partial charge in [0.05, 0.1) is 12.8 Å². The van der Waals surface area contributed by atoms with E-state index in [0.29, 0.717) is 5.75 Å². The van der Waals surface area contributed by atoms with Crippen LogP contribution in [0.15, 0.2) is 53.6 Å². The molecule has 0 aliphatic carbocycles. The number of hydrogen-bond donors (Lipinski definition) is 1. The zero-order chi connectivity index (χ0) is 20.0. The number of hydrogen-bond acceptors (Lipinski definition) is 4. The Morgan fingerprint density at radius 2 is 1.61 bits per heavy atom. The Labute approximate surface area is 167 Å². The van der Waals surface area contributed by atoms with Gasteiger partial charge in [-0.05, 0) is 60.4 Å². The van der Waals surface area contributed by atoms with Crippen LogP contribution in [0.5, 0.6) is 11.5 Å². The third kappa shape index (κ3) is 8.25. The van der Waals surface area contributed by atoms with Crippen molar-refractivity contribution in [3.05, 3.63) is 59.7 Å². The third-order valence-corrected chi connectivity index (χ3v) is 4.25. The fraction of sp³-hybridized carbons (Fsp3) is 0.391. The Bertz CT molecular complexity index is 725. The summed E-state index contributed by atoms with van der Waals surface area (Å²) in [4.78, 5) is 11.8. The van der Waals surface area contributed by atoms with E-state index in [2.05, 4.69) is 24.4 Å². The van der Waals surface area contributed by atoms with Crippen LogP contribution >= 0.6 is 0 Å². The first-order valence-electron chi connectivity index (χ1n) is 9.97. The number of amides is 1. The monoisotopic (exact) mass is 382 g/mol. The van der Waals surface area contributed by atoms with E-state index in [-0.39, 0.29) is 12.5 Å². The Hall–Kier alpha value is -2.82. The Morgan fingerprint density at radius 1 is 0.929 bits per heavy atom. The minimum atomic E-state index is -0.303. The lowest BCUT2D eigenvalue weighted by Gasteiger charge is -2.06. The average molecular weight is 383 g/mol. The first-order chi connectivity index (χ1) is 13.7. The van der Waals surface area contributed by atoms with Gasteiger partial charge in [-0.25, -0.2) is 5.43 Å². The molecule has 1 N–H and O–H groups in total. The number of hydrazone groups is 1. The van der Waals surface area contributed by atoms with Crippen LogP contribution < -0.4 is 14.9 Å². The number of ether oxygens (including phenoxy) is 2. The molecule has 0 saturated heterocycles. The molecular weight excluding hydrogens is 352 g/mol. The number of rotatable bonds is 12. The van der Waals surface area contributed by atoms with Gasteiger partial charge in [-0.15, -0.1) is 0 Å². The second-order valence-electron chi connectivity index (χ2n) is 6.56. The number of carbonyl (C=O) groups is 1. The lowest BCUT2D eigenvalue weighted by atomic mass is 10.2. The van der Waals surface area contributed by atoms with Gasteiger partial charge < -0.3 is 9.47 Å². The number of carbonyl (C=O) groups excluding carboxylic acids is 1. The number of aryl methyl sites for hydroxylation is 1. The molecule has 0 aromatic heterocycles. The summed E-state index contributed by atoms with van der Waals surface area (Å²) < 4.78 is 11.2. The van der Waals surface area contributed by atoms with Crippen LogP contribution in [-0.2, 0) is 11.2 Å². The minimum Gasteiger partial charge on any atom is -0.494 e. The maximum absolute atomic E-state index is 11.8. The highest BCUT2D eigenvalue weighted by Crippen LogP contribution is 2.13. The quantitative estimate of drug-likeness (QED) is 0.328. The molecule has 0 bridgehead atoms. The standard InChI is InChI=1S/C23H30N2O3/c1-3-5-6-7-16-27-21-14-10-20(11-15-21)17-24-25-23(26)18-28-22-12-8-19(4-2)9-13-22/h8-15,17H,3-7,16,18H2,1-2H3,(H,25,26)/b24-17+. The first-order valence-corrected chi connectivity index (χ1v) is 9.97. The van der Waals surface area contributed by atoms with Crippen molar-refractivity contribution < 1.29 is 14.3 Å². The van der Waals surface area contributed by atoms with E-state index in [9.17, 15) is 4.79 Å². The highest BCUT2D eigenvalue weighted by atomic mass is 16.5. The van der Waals surface area contributed by atoms with Gasteiger partial charge in [-0.1, -0.05) is 45.2 Å². The second-order valence-corrected chi connectivity index (χ2v) is 6.56. The van der Waals surface area contributed by atoms with Gasteiger partial charge in [-0.3, -0.25) is 4.79 Å². The summed E-state index contributed by atoms with van der Waals surface area (Å²) in [6.07, 6.45) is 7.33. The topological polar surface area (TPSA) is 59.9 Å². The van der Waals surface area contributed by atoms with Gasteiger partial charge in [0.25, 0.3) is 5.91 Å². The van der Waals surface area contributed by atoms with Gasteiger partial charge in [-0.2, -0.15) is 5.10 Å². The summed E-state index contributed by atoms with van der Waals surface area (Å²) in [5, 5.41) is 3.96. The Kier molecular flexibility index (Phi) is 9.62. The smallest absolute Gasteiger partial charge is 0.277 e. The molecule has 0 heterocycles. The zero-order valence-electron chi connectivity index (χ0n) is 16.8. The highest BCUT2D eigenvalue weighted by molar-refractivity contribution is 5.83. The first kappa shape index (κ1) is 21.5. The van der Waals surface area contributed by atoms with E-state index < -0.39 is 0 Å². The van der Waals surface area contributed by atoms with Crippen LogP contribution in [0.3, 0.4) is 0 Å². The molecule has 0 unspecified atom stereocenters. The van der Waals surface area contributed by atoms with Crippen molar-refractivity contribution in [2.24, 2.45) is 5.10 Å². The van der Waals surface area contributed by atoms with E-state index in [4.69, 9.17) is 9.47 Å². The van der Waals surface area contributed by atoms with Crippen molar-refractivity contribution in [1.82, 2.24) is 5.43 Å². The fourth-order valence-electron chi connectivity index (χ4n) is 2.55. The Morgan fingerprint density at radius 3 is 2.29 bits per heavy atom. The van der Waals surface area contributed by atoms with E-state index >= 15 is 0 Å². The van der Waals surface area contributed by atoms with E-state index in [0.717, 1.165) is 30.8 Å². The van der Waals surface area contributed by atoms with Gasteiger partial charge >= 0.3 is 0 Å². The normalized spacial score (nSPS) is 10.8. The highest BCUT2D eigenvalue weighted by Gasteiger charge is 2.01. The summed E-state index contributed by atoms with van der Waals surface area (Å²) in [6.45, 7) is 4.95. The largest absolute Gasteiger partial charge is 0.494 e.